The number of halogens is 1. The average molecular weight is 253 g/mol. The van der Waals surface area contributed by atoms with E-state index in [0.29, 0.717) is 6.42 Å². The predicted molar refractivity (Wildman–Crippen MR) is 60.8 cm³/mol. The molecule has 1 N–H and O–H groups in total. The lowest BCUT2D eigenvalue weighted by molar-refractivity contribution is 0.581. The molecule has 1 unspecified atom stereocenters. The van der Waals surface area contributed by atoms with Crippen LogP contribution in [0.1, 0.15) is 24.9 Å². The molecule has 14 heavy (non-hydrogen) atoms. The molecule has 0 amide bonds. The number of hydrogen-bond acceptors (Lipinski definition) is 2. The van der Waals surface area contributed by atoms with Crippen LogP contribution < -0.4 is 5.32 Å². The SMILES string of the molecule is CC(NCCC#N)c1ccccc1Br. The third-order valence-electron chi connectivity index (χ3n) is 2.06. The van der Waals surface area contributed by atoms with Crippen LogP contribution >= 0.6 is 15.9 Å². The molecule has 1 aromatic carbocycles. The van der Waals surface area contributed by atoms with Crippen molar-refractivity contribution in [1.82, 2.24) is 5.32 Å². The fraction of sp³-hybridized carbons (Fsp3) is 0.364. The number of rotatable bonds is 4. The van der Waals surface area contributed by atoms with Gasteiger partial charge in [0.05, 0.1) is 6.07 Å². The minimum Gasteiger partial charge on any atom is -0.309 e. The van der Waals surface area contributed by atoms with E-state index in [1.165, 1.54) is 5.56 Å². The van der Waals surface area contributed by atoms with Crippen LogP contribution in [0.15, 0.2) is 28.7 Å². The van der Waals surface area contributed by atoms with E-state index in [2.05, 4.69) is 40.3 Å². The van der Waals surface area contributed by atoms with Gasteiger partial charge in [-0.15, -0.1) is 0 Å². The van der Waals surface area contributed by atoms with Crippen LogP contribution in [0.4, 0.5) is 0 Å². The Bertz CT molecular complexity index is 330. The highest BCUT2D eigenvalue weighted by molar-refractivity contribution is 9.10. The van der Waals surface area contributed by atoms with Gasteiger partial charge in [0.2, 0.25) is 0 Å². The summed E-state index contributed by atoms with van der Waals surface area (Å²) in [4.78, 5) is 0. The van der Waals surface area contributed by atoms with E-state index in [-0.39, 0.29) is 6.04 Å². The van der Waals surface area contributed by atoms with Crippen LogP contribution in [0.2, 0.25) is 0 Å². The molecule has 0 saturated carbocycles. The van der Waals surface area contributed by atoms with Gasteiger partial charge in [0.15, 0.2) is 0 Å². The van der Waals surface area contributed by atoms with Gasteiger partial charge in [0.1, 0.15) is 0 Å². The Labute approximate surface area is 93.1 Å². The van der Waals surface area contributed by atoms with Crippen LogP contribution in [0.25, 0.3) is 0 Å². The van der Waals surface area contributed by atoms with Gasteiger partial charge in [-0.05, 0) is 18.6 Å². The summed E-state index contributed by atoms with van der Waals surface area (Å²) in [6.45, 7) is 2.83. The lowest BCUT2D eigenvalue weighted by Crippen LogP contribution is -2.19. The highest BCUT2D eigenvalue weighted by atomic mass is 79.9. The average Bonchev–Trinajstić information content (AvgIpc) is 2.18. The maximum atomic E-state index is 8.41. The molecule has 3 heteroatoms. The van der Waals surface area contributed by atoms with Gasteiger partial charge in [0, 0.05) is 23.5 Å². The first-order valence-corrected chi connectivity index (χ1v) is 5.39. The highest BCUT2D eigenvalue weighted by Crippen LogP contribution is 2.22. The van der Waals surface area contributed by atoms with Gasteiger partial charge in [-0.2, -0.15) is 5.26 Å². The van der Waals surface area contributed by atoms with E-state index in [9.17, 15) is 0 Å². The third kappa shape index (κ3) is 3.13. The van der Waals surface area contributed by atoms with Gasteiger partial charge < -0.3 is 5.32 Å². The first-order valence-electron chi connectivity index (χ1n) is 4.60. The second kappa shape index (κ2) is 5.79. The van der Waals surface area contributed by atoms with Crippen molar-refractivity contribution in [2.45, 2.75) is 19.4 Å². The molecule has 0 spiro atoms. The summed E-state index contributed by atoms with van der Waals surface area (Å²) >= 11 is 3.50. The molecule has 0 aromatic heterocycles. The molecule has 1 rings (SSSR count). The lowest BCUT2D eigenvalue weighted by Gasteiger charge is -2.14. The maximum Gasteiger partial charge on any atom is 0.0635 e. The lowest BCUT2D eigenvalue weighted by atomic mass is 10.1. The van der Waals surface area contributed by atoms with Gasteiger partial charge >= 0.3 is 0 Å². The summed E-state index contributed by atoms with van der Waals surface area (Å²) < 4.78 is 1.11. The Balaban J connectivity index is 2.57. The molecule has 2 nitrogen and oxygen atoms in total. The van der Waals surface area contributed by atoms with Crippen molar-refractivity contribution in [2.24, 2.45) is 0 Å². The number of benzene rings is 1. The molecule has 0 radical (unpaired) electrons. The van der Waals surface area contributed by atoms with Crippen LogP contribution in [-0.4, -0.2) is 6.54 Å². The van der Waals surface area contributed by atoms with Gasteiger partial charge in [-0.3, -0.25) is 0 Å². The largest absolute Gasteiger partial charge is 0.309 e. The van der Waals surface area contributed by atoms with E-state index in [0.717, 1.165) is 11.0 Å². The van der Waals surface area contributed by atoms with Crippen molar-refractivity contribution >= 4 is 15.9 Å². The molecule has 0 saturated heterocycles. The summed E-state index contributed by atoms with van der Waals surface area (Å²) in [5.74, 6) is 0. The monoisotopic (exact) mass is 252 g/mol. The second-order valence-corrected chi connectivity index (χ2v) is 3.96. The molecule has 0 aliphatic rings. The van der Waals surface area contributed by atoms with E-state index >= 15 is 0 Å². The molecule has 0 heterocycles. The summed E-state index contributed by atoms with van der Waals surface area (Å²) in [7, 11) is 0. The van der Waals surface area contributed by atoms with E-state index in [4.69, 9.17) is 5.26 Å². The molecular formula is C11H13BrN2. The van der Waals surface area contributed by atoms with Crippen molar-refractivity contribution in [3.63, 3.8) is 0 Å². The zero-order chi connectivity index (χ0) is 10.4. The summed E-state index contributed by atoms with van der Waals surface area (Å²) in [5.41, 5.74) is 1.23. The quantitative estimate of drug-likeness (QED) is 0.837. The number of hydrogen-bond donors (Lipinski definition) is 1. The first-order chi connectivity index (χ1) is 6.75. The molecule has 0 aliphatic carbocycles. The number of nitrogens with one attached hydrogen (secondary N) is 1. The third-order valence-corrected chi connectivity index (χ3v) is 2.78. The van der Waals surface area contributed by atoms with E-state index < -0.39 is 0 Å². The Morgan fingerprint density at radius 1 is 1.50 bits per heavy atom. The van der Waals surface area contributed by atoms with Crippen LogP contribution in [0.5, 0.6) is 0 Å². The number of nitrogens with zero attached hydrogens (tertiary/aromatic N) is 1. The van der Waals surface area contributed by atoms with Crippen LogP contribution in [0, 0.1) is 11.3 Å². The van der Waals surface area contributed by atoms with E-state index in [1.54, 1.807) is 0 Å². The van der Waals surface area contributed by atoms with Gasteiger partial charge in [0.25, 0.3) is 0 Å². The fourth-order valence-corrected chi connectivity index (χ4v) is 1.91. The zero-order valence-corrected chi connectivity index (χ0v) is 9.71. The maximum absolute atomic E-state index is 8.41. The molecule has 74 valence electrons. The van der Waals surface area contributed by atoms with Crippen molar-refractivity contribution in [2.75, 3.05) is 6.54 Å². The Hall–Kier alpha value is -0.850. The Morgan fingerprint density at radius 2 is 2.21 bits per heavy atom. The van der Waals surface area contributed by atoms with Crippen molar-refractivity contribution in [3.8, 4) is 6.07 Å². The van der Waals surface area contributed by atoms with Crippen LogP contribution in [0.3, 0.4) is 0 Å². The number of nitriles is 1. The molecule has 1 atom stereocenters. The van der Waals surface area contributed by atoms with Crippen molar-refractivity contribution in [1.29, 1.82) is 5.26 Å². The summed E-state index contributed by atoms with van der Waals surface area (Å²) in [5, 5.41) is 11.7. The topological polar surface area (TPSA) is 35.8 Å². The Kier molecular flexibility index (Phi) is 4.64. The second-order valence-electron chi connectivity index (χ2n) is 3.11. The van der Waals surface area contributed by atoms with E-state index in [1.807, 2.05) is 18.2 Å². The first kappa shape index (κ1) is 11.2. The molecule has 1 aromatic rings. The molecule has 0 aliphatic heterocycles. The highest BCUT2D eigenvalue weighted by Gasteiger charge is 2.06. The zero-order valence-electron chi connectivity index (χ0n) is 8.13. The van der Waals surface area contributed by atoms with Crippen LogP contribution in [-0.2, 0) is 0 Å². The summed E-state index contributed by atoms with van der Waals surface area (Å²) in [6, 6.07) is 10.5. The molecular weight excluding hydrogens is 240 g/mol. The smallest absolute Gasteiger partial charge is 0.0635 e. The van der Waals surface area contributed by atoms with Gasteiger partial charge in [-0.25, -0.2) is 0 Å². The van der Waals surface area contributed by atoms with Gasteiger partial charge in [-0.1, -0.05) is 34.1 Å². The van der Waals surface area contributed by atoms with Crippen molar-refractivity contribution in [3.05, 3.63) is 34.3 Å². The Morgan fingerprint density at radius 3 is 2.86 bits per heavy atom. The standard InChI is InChI=1S/C11H13BrN2/c1-9(14-8-4-7-13)10-5-2-3-6-11(10)12/h2-3,5-6,9,14H,4,8H2,1H3. The molecule has 0 fully saturated rings. The minimum atomic E-state index is 0.277. The normalized spacial score (nSPS) is 12.1. The summed E-state index contributed by atoms with van der Waals surface area (Å²) in [6.07, 6.45) is 0.550. The molecule has 0 bridgehead atoms. The minimum absolute atomic E-state index is 0.277. The predicted octanol–water partition coefficient (Wildman–Crippen LogP) is 3.01. The fourth-order valence-electron chi connectivity index (χ4n) is 1.28. The van der Waals surface area contributed by atoms with Crippen molar-refractivity contribution < 1.29 is 0 Å².